The van der Waals surface area contributed by atoms with Gasteiger partial charge in [-0.3, -0.25) is 0 Å². The van der Waals surface area contributed by atoms with Crippen LogP contribution in [0, 0.1) is 6.92 Å². The number of rotatable bonds is 4. The molecule has 0 bridgehead atoms. The highest BCUT2D eigenvalue weighted by atomic mass is 79.9. The summed E-state index contributed by atoms with van der Waals surface area (Å²) in [5.41, 5.74) is 0. The van der Waals surface area contributed by atoms with Crippen molar-refractivity contribution in [3.05, 3.63) is 27.6 Å². The van der Waals surface area contributed by atoms with E-state index in [1.165, 1.54) is 0 Å². The second kappa shape index (κ2) is 4.76. The zero-order valence-corrected chi connectivity index (χ0v) is 10.6. The zero-order chi connectivity index (χ0) is 10.7. The first-order chi connectivity index (χ1) is 7.24. The van der Waals surface area contributed by atoms with Crippen LogP contribution in [0.3, 0.4) is 0 Å². The van der Waals surface area contributed by atoms with Gasteiger partial charge in [-0.2, -0.15) is 0 Å². The minimum Gasteiger partial charge on any atom is -0.454 e. The van der Waals surface area contributed by atoms with Crippen LogP contribution in [0.2, 0.25) is 0 Å². The van der Waals surface area contributed by atoms with Gasteiger partial charge in [0.05, 0.1) is 0 Å². The van der Waals surface area contributed by atoms with Crippen molar-refractivity contribution in [2.75, 3.05) is 11.9 Å². The molecule has 2 rings (SSSR count). The van der Waals surface area contributed by atoms with Gasteiger partial charge < -0.3 is 9.73 Å². The highest BCUT2D eigenvalue weighted by Gasteiger charge is 2.01. The van der Waals surface area contributed by atoms with Crippen LogP contribution in [-0.4, -0.2) is 16.7 Å². The van der Waals surface area contributed by atoms with Crippen LogP contribution in [-0.2, 0) is 6.42 Å². The molecule has 2 aromatic rings. The predicted molar refractivity (Wildman–Crippen MR) is 63.2 cm³/mol. The van der Waals surface area contributed by atoms with Crippen LogP contribution in [0.15, 0.2) is 21.2 Å². The van der Waals surface area contributed by atoms with E-state index in [4.69, 9.17) is 4.42 Å². The van der Waals surface area contributed by atoms with Crippen molar-refractivity contribution in [2.24, 2.45) is 0 Å². The van der Waals surface area contributed by atoms with Gasteiger partial charge in [0.25, 0.3) is 0 Å². The molecule has 2 aromatic heterocycles. The number of hydrogen-bond donors (Lipinski definition) is 1. The molecule has 0 aliphatic rings. The van der Waals surface area contributed by atoms with Crippen LogP contribution in [0.4, 0.5) is 5.13 Å². The second-order valence-electron chi connectivity index (χ2n) is 3.01. The summed E-state index contributed by atoms with van der Waals surface area (Å²) in [5, 5.41) is 12.9. The van der Waals surface area contributed by atoms with E-state index < -0.39 is 0 Å². The van der Waals surface area contributed by atoms with Crippen molar-refractivity contribution < 1.29 is 4.42 Å². The molecule has 0 unspecified atom stereocenters. The lowest BCUT2D eigenvalue weighted by molar-refractivity contribution is 0.491. The maximum absolute atomic E-state index is 5.37. The summed E-state index contributed by atoms with van der Waals surface area (Å²) < 4.78 is 6.14. The van der Waals surface area contributed by atoms with Crippen LogP contribution in [0.5, 0.6) is 0 Å². The second-order valence-corrected chi connectivity index (χ2v) is 4.97. The van der Waals surface area contributed by atoms with Gasteiger partial charge in [-0.05, 0) is 35.0 Å². The zero-order valence-electron chi connectivity index (χ0n) is 8.16. The van der Waals surface area contributed by atoms with E-state index in [0.717, 1.165) is 33.5 Å². The fourth-order valence-electron chi connectivity index (χ4n) is 1.15. The van der Waals surface area contributed by atoms with Gasteiger partial charge >= 0.3 is 0 Å². The van der Waals surface area contributed by atoms with Gasteiger partial charge in [0.1, 0.15) is 10.8 Å². The molecule has 0 fully saturated rings. The van der Waals surface area contributed by atoms with Gasteiger partial charge in [-0.15, -0.1) is 10.2 Å². The standard InChI is InChI=1S/C9H10BrN3OS/c1-6-12-13-9(15-6)11-5-4-7-2-3-8(10)14-7/h2-3H,4-5H2,1H3,(H,11,13). The Hall–Kier alpha value is -0.880. The van der Waals surface area contributed by atoms with Crippen molar-refractivity contribution in [1.82, 2.24) is 10.2 Å². The normalized spacial score (nSPS) is 10.5. The van der Waals surface area contributed by atoms with Gasteiger partial charge in [0, 0.05) is 13.0 Å². The number of nitrogens with zero attached hydrogens (tertiary/aromatic N) is 2. The van der Waals surface area contributed by atoms with Crippen LogP contribution in [0.1, 0.15) is 10.8 Å². The number of halogens is 1. The Morgan fingerprint density at radius 2 is 2.33 bits per heavy atom. The number of aryl methyl sites for hydroxylation is 1. The number of furan rings is 1. The average Bonchev–Trinajstić information content (AvgIpc) is 2.76. The Kier molecular flexibility index (Phi) is 3.37. The van der Waals surface area contributed by atoms with E-state index in [9.17, 15) is 0 Å². The number of aromatic nitrogens is 2. The fourth-order valence-corrected chi connectivity index (χ4v) is 2.10. The minimum atomic E-state index is 0.768. The number of anilines is 1. The topological polar surface area (TPSA) is 51.0 Å². The van der Waals surface area contributed by atoms with Crippen LogP contribution >= 0.6 is 27.3 Å². The Morgan fingerprint density at radius 3 is 2.93 bits per heavy atom. The third-order valence-electron chi connectivity index (χ3n) is 1.80. The van der Waals surface area contributed by atoms with Crippen molar-refractivity contribution >= 4 is 32.4 Å². The molecule has 0 spiro atoms. The summed E-state index contributed by atoms with van der Waals surface area (Å²) in [6.07, 6.45) is 0.838. The Labute approximate surface area is 99.8 Å². The van der Waals surface area contributed by atoms with Gasteiger partial charge in [-0.1, -0.05) is 11.3 Å². The lowest BCUT2D eigenvalue weighted by atomic mass is 10.3. The third-order valence-corrected chi connectivity index (χ3v) is 3.03. The molecular weight excluding hydrogens is 278 g/mol. The number of nitrogens with one attached hydrogen (secondary N) is 1. The van der Waals surface area contributed by atoms with E-state index in [1.807, 2.05) is 19.1 Å². The summed E-state index contributed by atoms with van der Waals surface area (Å²) >= 11 is 4.82. The van der Waals surface area contributed by atoms with Gasteiger partial charge in [0.2, 0.25) is 5.13 Å². The van der Waals surface area contributed by atoms with E-state index in [2.05, 4.69) is 31.4 Å². The average molecular weight is 288 g/mol. The molecule has 0 saturated carbocycles. The van der Waals surface area contributed by atoms with Crippen molar-refractivity contribution in [3.63, 3.8) is 0 Å². The van der Waals surface area contributed by atoms with Gasteiger partial charge in [-0.25, -0.2) is 0 Å². The minimum absolute atomic E-state index is 0.768. The smallest absolute Gasteiger partial charge is 0.205 e. The molecule has 4 nitrogen and oxygen atoms in total. The Balaban J connectivity index is 1.80. The highest BCUT2D eigenvalue weighted by Crippen LogP contribution is 2.16. The molecule has 0 aliphatic heterocycles. The predicted octanol–water partition coefficient (Wildman–Crippen LogP) is 2.86. The largest absolute Gasteiger partial charge is 0.454 e. The fraction of sp³-hybridized carbons (Fsp3) is 0.333. The number of hydrogen-bond acceptors (Lipinski definition) is 5. The van der Waals surface area contributed by atoms with Gasteiger partial charge in [0.15, 0.2) is 4.67 Å². The lowest BCUT2D eigenvalue weighted by Crippen LogP contribution is -2.03. The van der Waals surface area contributed by atoms with E-state index in [0.29, 0.717) is 0 Å². The van der Waals surface area contributed by atoms with Crippen LogP contribution < -0.4 is 5.32 Å². The monoisotopic (exact) mass is 287 g/mol. The first-order valence-corrected chi connectivity index (χ1v) is 6.13. The molecule has 0 saturated heterocycles. The SMILES string of the molecule is Cc1nnc(NCCc2ccc(Br)o2)s1. The molecule has 80 valence electrons. The molecule has 0 amide bonds. The molecule has 2 heterocycles. The molecule has 0 radical (unpaired) electrons. The quantitative estimate of drug-likeness (QED) is 0.940. The Bertz CT molecular complexity index is 400. The first kappa shape index (κ1) is 10.6. The summed E-state index contributed by atoms with van der Waals surface area (Å²) in [6.45, 7) is 2.74. The molecule has 0 aliphatic carbocycles. The highest BCUT2D eigenvalue weighted by molar-refractivity contribution is 9.10. The summed E-state index contributed by atoms with van der Waals surface area (Å²) in [5.74, 6) is 0.954. The maximum atomic E-state index is 5.37. The molecule has 6 heteroatoms. The molecular formula is C9H10BrN3OS. The van der Waals surface area contributed by atoms with Crippen molar-refractivity contribution in [2.45, 2.75) is 13.3 Å². The van der Waals surface area contributed by atoms with E-state index in [1.54, 1.807) is 11.3 Å². The van der Waals surface area contributed by atoms with E-state index in [-0.39, 0.29) is 0 Å². The van der Waals surface area contributed by atoms with Crippen molar-refractivity contribution in [1.29, 1.82) is 0 Å². The lowest BCUT2D eigenvalue weighted by Gasteiger charge is -1.98. The molecule has 1 N–H and O–H groups in total. The summed E-state index contributed by atoms with van der Waals surface area (Å²) in [6, 6.07) is 3.85. The van der Waals surface area contributed by atoms with E-state index >= 15 is 0 Å². The first-order valence-electron chi connectivity index (χ1n) is 4.52. The van der Waals surface area contributed by atoms with Crippen LogP contribution in [0.25, 0.3) is 0 Å². The maximum Gasteiger partial charge on any atom is 0.205 e. The molecule has 0 aromatic carbocycles. The third kappa shape index (κ3) is 3.04. The molecule has 0 atom stereocenters. The molecule has 15 heavy (non-hydrogen) atoms. The van der Waals surface area contributed by atoms with Crippen molar-refractivity contribution in [3.8, 4) is 0 Å². The Morgan fingerprint density at radius 1 is 1.47 bits per heavy atom. The summed E-state index contributed by atoms with van der Waals surface area (Å²) in [4.78, 5) is 0. The summed E-state index contributed by atoms with van der Waals surface area (Å²) in [7, 11) is 0.